The van der Waals surface area contributed by atoms with E-state index in [4.69, 9.17) is 5.10 Å². The summed E-state index contributed by atoms with van der Waals surface area (Å²) >= 11 is 0. The van der Waals surface area contributed by atoms with Crippen LogP contribution in [0.3, 0.4) is 0 Å². The molecule has 1 fully saturated rings. The van der Waals surface area contributed by atoms with E-state index in [1.807, 2.05) is 24.8 Å². The van der Waals surface area contributed by atoms with Crippen LogP contribution in [-0.2, 0) is 22.4 Å². The number of hydrogen-bond donors (Lipinski definition) is 1. The van der Waals surface area contributed by atoms with Gasteiger partial charge in [0.2, 0.25) is 0 Å². The van der Waals surface area contributed by atoms with Gasteiger partial charge in [-0.05, 0) is 55.9 Å². The number of rotatable bonds is 9. The van der Waals surface area contributed by atoms with Crippen LogP contribution in [0.2, 0.25) is 0 Å². The van der Waals surface area contributed by atoms with Crippen molar-refractivity contribution in [1.82, 2.24) is 29.7 Å². The molecule has 1 aromatic carbocycles. The van der Waals surface area contributed by atoms with Crippen LogP contribution >= 0.6 is 0 Å². The molecule has 42 heavy (non-hydrogen) atoms. The summed E-state index contributed by atoms with van der Waals surface area (Å²) in [6.07, 6.45) is 4.37. The third-order valence-electron chi connectivity index (χ3n) is 7.87. The second-order valence-electron chi connectivity index (χ2n) is 10.3. The predicted molar refractivity (Wildman–Crippen MR) is 159 cm³/mol. The first kappa shape index (κ1) is 30.4. The zero-order chi connectivity index (χ0) is 30.6. The average Bonchev–Trinajstić information content (AvgIpc) is 3.01. The number of allylic oxidation sites excluding steroid dienone is 1. The van der Waals surface area contributed by atoms with Gasteiger partial charge in [-0.2, -0.15) is 10.1 Å². The normalized spacial score (nSPS) is 16.5. The molecule has 0 radical (unpaired) electrons. The van der Waals surface area contributed by atoms with E-state index in [9.17, 15) is 19.5 Å². The summed E-state index contributed by atoms with van der Waals surface area (Å²) in [5.74, 6) is -0.638. The number of piperazine rings is 1. The lowest BCUT2D eigenvalue weighted by Gasteiger charge is -2.43. The third-order valence-corrected chi connectivity index (χ3v) is 7.87. The quantitative estimate of drug-likeness (QED) is 0.358. The van der Waals surface area contributed by atoms with Crippen LogP contribution in [-0.4, -0.2) is 91.3 Å². The SMILES string of the molecule is C=C1N(CC=O)C(CC)=C(N2CCN(C(=O)c3ncnc(C)c3O)CC2)C(=O)N1/N=C(\C)c1ccc(CC)c(CC)c1. The van der Waals surface area contributed by atoms with Crippen molar-refractivity contribution in [3.05, 3.63) is 76.4 Å². The Morgan fingerprint density at radius 3 is 2.38 bits per heavy atom. The van der Waals surface area contributed by atoms with Crippen molar-refractivity contribution in [3.63, 3.8) is 0 Å². The second kappa shape index (κ2) is 13.0. The molecule has 0 bridgehead atoms. The van der Waals surface area contributed by atoms with E-state index in [0.717, 1.165) is 24.7 Å². The fourth-order valence-electron chi connectivity index (χ4n) is 5.45. The van der Waals surface area contributed by atoms with Crippen molar-refractivity contribution >= 4 is 23.8 Å². The van der Waals surface area contributed by atoms with E-state index in [2.05, 4.69) is 42.5 Å². The fraction of sp³-hybridized carbons (Fsp3) is 0.419. The number of carbonyl (C=O) groups is 3. The van der Waals surface area contributed by atoms with E-state index >= 15 is 0 Å². The highest BCUT2D eigenvalue weighted by molar-refractivity contribution is 6.02. The lowest BCUT2D eigenvalue weighted by molar-refractivity contribution is -0.130. The van der Waals surface area contributed by atoms with Gasteiger partial charge in [-0.25, -0.2) is 9.97 Å². The van der Waals surface area contributed by atoms with Gasteiger partial charge in [-0.15, -0.1) is 0 Å². The zero-order valence-corrected chi connectivity index (χ0v) is 25.1. The largest absolute Gasteiger partial charge is 0.504 e. The summed E-state index contributed by atoms with van der Waals surface area (Å²) in [6.45, 7) is 15.2. The number of nitrogens with zero attached hydrogens (tertiary/aromatic N) is 7. The molecule has 11 heteroatoms. The first-order valence-corrected chi connectivity index (χ1v) is 14.4. The van der Waals surface area contributed by atoms with Gasteiger partial charge in [0.05, 0.1) is 18.0 Å². The molecule has 2 aliphatic rings. The van der Waals surface area contributed by atoms with Crippen molar-refractivity contribution in [3.8, 4) is 5.75 Å². The highest BCUT2D eigenvalue weighted by atomic mass is 16.3. The van der Waals surface area contributed by atoms with Gasteiger partial charge >= 0.3 is 0 Å². The van der Waals surface area contributed by atoms with Crippen molar-refractivity contribution in [1.29, 1.82) is 0 Å². The predicted octanol–water partition coefficient (Wildman–Crippen LogP) is 3.23. The van der Waals surface area contributed by atoms with Crippen LogP contribution < -0.4 is 0 Å². The van der Waals surface area contributed by atoms with Gasteiger partial charge in [-0.3, -0.25) is 9.59 Å². The molecule has 1 N–H and O–H groups in total. The average molecular weight is 574 g/mol. The Balaban J connectivity index is 1.63. The third kappa shape index (κ3) is 5.77. The van der Waals surface area contributed by atoms with Crippen LogP contribution in [0.1, 0.15) is 67.0 Å². The van der Waals surface area contributed by atoms with Gasteiger partial charge in [0, 0.05) is 31.9 Å². The molecule has 2 amide bonds. The van der Waals surface area contributed by atoms with Crippen molar-refractivity contribution in [2.45, 2.75) is 53.9 Å². The molecule has 3 heterocycles. The molecule has 0 spiro atoms. The summed E-state index contributed by atoms with van der Waals surface area (Å²) in [5, 5.41) is 16.3. The lowest BCUT2D eigenvalue weighted by Crippen LogP contribution is -2.53. The molecular formula is C31H39N7O4. The van der Waals surface area contributed by atoms with Gasteiger partial charge in [0.15, 0.2) is 11.4 Å². The molecule has 1 saturated heterocycles. The van der Waals surface area contributed by atoms with E-state index in [0.29, 0.717) is 61.2 Å². The van der Waals surface area contributed by atoms with Crippen LogP contribution in [0, 0.1) is 6.92 Å². The van der Waals surface area contributed by atoms with E-state index in [1.54, 1.807) is 16.7 Å². The minimum Gasteiger partial charge on any atom is -0.504 e. The lowest BCUT2D eigenvalue weighted by atomic mass is 9.98. The molecule has 0 unspecified atom stereocenters. The van der Waals surface area contributed by atoms with Crippen molar-refractivity contribution in [2.24, 2.45) is 5.10 Å². The van der Waals surface area contributed by atoms with Crippen LogP contribution in [0.4, 0.5) is 0 Å². The fourth-order valence-corrected chi connectivity index (χ4v) is 5.45. The van der Waals surface area contributed by atoms with Gasteiger partial charge in [0.1, 0.15) is 24.1 Å². The Morgan fingerprint density at radius 2 is 1.76 bits per heavy atom. The number of aromatic hydroxyl groups is 1. The number of aryl methyl sites for hydroxylation is 3. The van der Waals surface area contributed by atoms with Crippen LogP contribution in [0.15, 0.2) is 53.4 Å². The first-order chi connectivity index (χ1) is 20.2. The van der Waals surface area contributed by atoms with Crippen molar-refractivity contribution in [2.75, 3.05) is 32.7 Å². The molecule has 11 nitrogen and oxygen atoms in total. The monoisotopic (exact) mass is 573 g/mol. The van der Waals surface area contributed by atoms with Gasteiger partial charge in [-0.1, -0.05) is 39.5 Å². The maximum Gasteiger partial charge on any atom is 0.298 e. The maximum absolute atomic E-state index is 14.1. The summed E-state index contributed by atoms with van der Waals surface area (Å²) in [7, 11) is 0. The highest BCUT2D eigenvalue weighted by Gasteiger charge is 2.39. The Hall–Kier alpha value is -4.54. The smallest absolute Gasteiger partial charge is 0.298 e. The van der Waals surface area contributed by atoms with Gasteiger partial charge < -0.3 is 24.6 Å². The molecule has 1 aromatic heterocycles. The summed E-state index contributed by atoms with van der Waals surface area (Å²) < 4.78 is 0. The topological polar surface area (TPSA) is 123 Å². The number of aldehydes is 1. The molecule has 0 saturated carbocycles. The molecule has 0 atom stereocenters. The Labute approximate surface area is 246 Å². The molecule has 4 rings (SSSR count). The second-order valence-corrected chi connectivity index (χ2v) is 10.3. The molecule has 2 aromatic rings. The summed E-state index contributed by atoms with van der Waals surface area (Å²) in [5.41, 5.74) is 5.50. The summed E-state index contributed by atoms with van der Waals surface area (Å²) in [4.78, 5) is 52.1. The van der Waals surface area contributed by atoms with E-state index in [-0.39, 0.29) is 23.9 Å². The Bertz CT molecular complexity index is 1460. The van der Waals surface area contributed by atoms with Crippen LogP contribution in [0.25, 0.3) is 0 Å². The number of benzene rings is 1. The number of carbonyl (C=O) groups excluding carboxylic acids is 3. The van der Waals surface area contributed by atoms with Crippen LogP contribution in [0.5, 0.6) is 5.75 Å². The standard InChI is InChI=1S/C31H39N7O4/c1-7-23-10-11-25(18-24(23)8-2)20(4)34-38-22(6)37(16-17-39)26(9-3)28(31(38)42)35-12-14-36(15-13-35)30(41)27-29(40)21(5)32-19-33-27/h10-11,17-19,40H,6-9,12-16H2,1-5H3/b34-20+. The Morgan fingerprint density at radius 1 is 1.07 bits per heavy atom. The molecule has 0 aliphatic carbocycles. The number of hydrogen-bond acceptors (Lipinski definition) is 9. The van der Waals surface area contributed by atoms with E-state index < -0.39 is 5.91 Å². The Kier molecular flexibility index (Phi) is 9.39. The molecule has 2 aliphatic heterocycles. The number of amides is 2. The van der Waals surface area contributed by atoms with Crippen molar-refractivity contribution < 1.29 is 19.5 Å². The maximum atomic E-state index is 14.1. The molecular weight excluding hydrogens is 534 g/mol. The first-order valence-electron chi connectivity index (χ1n) is 14.4. The molecule has 222 valence electrons. The van der Waals surface area contributed by atoms with E-state index in [1.165, 1.54) is 22.5 Å². The highest BCUT2D eigenvalue weighted by Crippen LogP contribution is 2.32. The summed E-state index contributed by atoms with van der Waals surface area (Å²) in [6, 6.07) is 6.22. The van der Waals surface area contributed by atoms with Gasteiger partial charge in [0.25, 0.3) is 11.8 Å². The number of aromatic nitrogens is 2. The number of hydrazone groups is 1. The minimum absolute atomic E-state index is 0.0276. The zero-order valence-electron chi connectivity index (χ0n) is 25.1. The minimum atomic E-state index is -0.393.